The number of carbonyl (C=O) groups excluding carboxylic acids is 6. The Labute approximate surface area is 278 Å². The van der Waals surface area contributed by atoms with Crippen LogP contribution >= 0.6 is 0 Å². The molecular weight excluding hydrogens is 626 g/mol. The third-order valence-electron chi connectivity index (χ3n) is 7.27. The molecule has 0 saturated carbocycles. The summed E-state index contributed by atoms with van der Waals surface area (Å²) in [7, 11) is 0. The molecule has 2 aromatic rings. The Bertz CT molecular complexity index is 1460. The lowest BCUT2D eigenvalue weighted by atomic mass is 10.0. The number of aldehydes is 1. The van der Waals surface area contributed by atoms with E-state index in [9.17, 15) is 38.4 Å². The molecule has 15 nitrogen and oxygen atoms in total. The second-order valence-corrected chi connectivity index (χ2v) is 11.3. The van der Waals surface area contributed by atoms with E-state index < -0.39 is 48.3 Å². The maximum absolute atomic E-state index is 13.1. The first kappa shape index (κ1) is 40.7. The number of carboxylic acids is 2. The SMILES string of the molecule is CC(N)=O.CCC(C)CC(=O)NC(CCC(=O)O)C(=O)N1CCCC1C(=O)NC(C=O)CC(=O)O.NC(=O)c1ccc2ccccc2c1. The fourth-order valence-electron chi connectivity index (χ4n) is 4.69. The van der Waals surface area contributed by atoms with Crippen LogP contribution in [-0.2, 0) is 33.6 Å². The minimum absolute atomic E-state index is 0.0926. The van der Waals surface area contributed by atoms with Gasteiger partial charge in [-0.15, -0.1) is 0 Å². The highest BCUT2D eigenvalue weighted by Gasteiger charge is 2.38. The second kappa shape index (κ2) is 20.7. The van der Waals surface area contributed by atoms with Crippen molar-refractivity contribution in [3.05, 3.63) is 48.0 Å². The molecule has 0 bridgehead atoms. The van der Waals surface area contributed by atoms with Gasteiger partial charge in [-0.2, -0.15) is 0 Å². The Hall–Kier alpha value is -5.34. The van der Waals surface area contributed by atoms with Crippen LogP contribution in [0.15, 0.2) is 42.5 Å². The van der Waals surface area contributed by atoms with E-state index in [-0.39, 0.29) is 49.4 Å². The lowest BCUT2D eigenvalue weighted by Crippen LogP contribution is -2.55. The molecule has 2 aromatic carbocycles. The number of benzene rings is 2. The second-order valence-electron chi connectivity index (χ2n) is 11.3. The van der Waals surface area contributed by atoms with Gasteiger partial charge < -0.3 is 42.0 Å². The van der Waals surface area contributed by atoms with E-state index in [1.54, 1.807) is 12.1 Å². The summed E-state index contributed by atoms with van der Waals surface area (Å²) in [6.45, 7) is 5.34. The molecule has 4 atom stereocenters. The van der Waals surface area contributed by atoms with Crippen molar-refractivity contribution in [3.8, 4) is 0 Å². The lowest BCUT2D eigenvalue weighted by molar-refractivity contribution is -0.144. The van der Waals surface area contributed by atoms with E-state index in [0.717, 1.165) is 17.2 Å². The van der Waals surface area contributed by atoms with Gasteiger partial charge in [-0.25, -0.2) is 0 Å². The first-order chi connectivity index (χ1) is 22.6. The predicted octanol–water partition coefficient (Wildman–Crippen LogP) is 1.35. The maximum atomic E-state index is 13.1. The Morgan fingerprint density at radius 3 is 2.12 bits per heavy atom. The molecule has 8 N–H and O–H groups in total. The van der Waals surface area contributed by atoms with Gasteiger partial charge in [0, 0.05) is 31.9 Å². The third-order valence-corrected chi connectivity index (χ3v) is 7.27. The highest BCUT2D eigenvalue weighted by Crippen LogP contribution is 2.20. The number of hydrogen-bond donors (Lipinski definition) is 6. The number of nitrogens with one attached hydrogen (secondary N) is 2. The Morgan fingerprint density at radius 1 is 0.958 bits per heavy atom. The van der Waals surface area contributed by atoms with E-state index in [0.29, 0.717) is 24.7 Å². The molecule has 15 heteroatoms. The highest BCUT2D eigenvalue weighted by atomic mass is 16.4. The Balaban J connectivity index is 0.000000550. The van der Waals surface area contributed by atoms with Crippen LogP contribution in [0.3, 0.4) is 0 Å². The molecule has 4 unspecified atom stereocenters. The van der Waals surface area contributed by atoms with Crippen molar-refractivity contribution in [2.45, 2.75) is 83.8 Å². The number of nitrogens with zero attached hydrogens (tertiary/aromatic N) is 1. The van der Waals surface area contributed by atoms with Gasteiger partial charge in [-0.1, -0.05) is 50.6 Å². The number of aliphatic carboxylic acids is 2. The zero-order valence-electron chi connectivity index (χ0n) is 27.3. The number of carboxylic acid groups (broad SMARTS) is 2. The molecule has 48 heavy (non-hydrogen) atoms. The van der Waals surface area contributed by atoms with E-state index in [4.69, 9.17) is 15.9 Å². The summed E-state index contributed by atoms with van der Waals surface area (Å²) in [6.07, 6.45) is 1.04. The number of likely N-dealkylation sites (tertiary alicyclic amines) is 1. The molecular formula is C33H45N5O10. The number of rotatable bonds is 14. The van der Waals surface area contributed by atoms with Crippen molar-refractivity contribution >= 4 is 58.5 Å². The third kappa shape index (κ3) is 14.8. The van der Waals surface area contributed by atoms with Crippen LogP contribution in [-0.4, -0.2) is 87.5 Å². The molecule has 3 rings (SSSR count). The topological polar surface area (TPSA) is 256 Å². The quantitative estimate of drug-likeness (QED) is 0.157. The normalized spacial score (nSPS) is 15.2. The summed E-state index contributed by atoms with van der Waals surface area (Å²) in [5.41, 5.74) is 10.2. The van der Waals surface area contributed by atoms with E-state index in [1.165, 1.54) is 11.8 Å². The first-order valence-electron chi connectivity index (χ1n) is 15.4. The van der Waals surface area contributed by atoms with Gasteiger partial charge in [-0.05, 0) is 48.1 Å². The van der Waals surface area contributed by atoms with Crippen molar-refractivity contribution in [2.75, 3.05) is 6.54 Å². The number of nitrogens with two attached hydrogens (primary N) is 2. The van der Waals surface area contributed by atoms with Crippen LogP contribution < -0.4 is 22.1 Å². The van der Waals surface area contributed by atoms with Gasteiger partial charge in [0.15, 0.2) is 0 Å². The van der Waals surface area contributed by atoms with Gasteiger partial charge in [0.2, 0.25) is 29.5 Å². The van der Waals surface area contributed by atoms with Gasteiger partial charge >= 0.3 is 11.9 Å². The van der Waals surface area contributed by atoms with Gasteiger partial charge in [0.25, 0.3) is 0 Å². The number of carbonyl (C=O) groups is 8. The molecule has 1 fully saturated rings. The first-order valence-corrected chi connectivity index (χ1v) is 15.4. The van der Waals surface area contributed by atoms with E-state index in [2.05, 4.69) is 16.4 Å². The smallest absolute Gasteiger partial charge is 0.305 e. The van der Waals surface area contributed by atoms with Crippen LogP contribution in [0.2, 0.25) is 0 Å². The largest absolute Gasteiger partial charge is 0.481 e. The fraction of sp³-hybridized carbons (Fsp3) is 0.455. The molecule has 5 amide bonds. The van der Waals surface area contributed by atoms with Crippen molar-refractivity contribution in [2.24, 2.45) is 17.4 Å². The maximum Gasteiger partial charge on any atom is 0.305 e. The Kier molecular flexibility index (Phi) is 17.6. The zero-order chi connectivity index (χ0) is 36.4. The van der Waals surface area contributed by atoms with Gasteiger partial charge in [0.05, 0.1) is 12.5 Å². The fourth-order valence-corrected chi connectivity index (χ4v) is 4.69. The molecule has 0 aromatic heterocycles. The van der Waals surface area contributed by atoms with E-state index >= 15 is 0 Å². The summed E-state index contributed by atoms with van der Waals surface area (Å²) >= 11 is 0. The monoisotopic (exact) mass is 671 g/mol. The predicted molar refractivity (Wildman–Crippen MR) is 175 cm³/mol. The summed E-state index contributed by atoms with van der Waals surface area (Å²) < 4.78 is 0. The average Bonchev–Trinajstić information content (AvgIpc) is 3.52. The molecule has 0 radical (unpaired) electrons. The van der Waals surface area contributed by atoms with Crippen LogP contribution in [0.5, 0.6) is 0 Å². The number of hydrogen-bond acceptors (Lipinski definition) is 8. The molecule has 1 saturated heterocycles. The molecule has 1 aliphatic heterocycles. The minimum Gasteiger partial charge on any atom is -0.481 e. The zero-order valence-corrected chi connectivity index (χ0v) is 27.3. The summed E-state index contributed by atoms with van der Waals surface area (Å²) in [5, 5.41) is 24.9. The van der Waals surface area contributed by atoms with Crippen LogP contribution in [0.1, 0.15) is 76.1 Å². The van der Waals surface area contributed by atoms with Crippen molar-refractivity contribution in [1.82, 2.24) is 15.5 Å². The van der Waals surface area contributed by atoms with Gasteiger partial charge in [-0.3, -0.25) is 33.6 Å². The van der Waals surface area contributed by atoms with Gasteiger partial charge in [0.1, 0.15) is 18.4 Å². The number of fused-ring (bicyclic) bond motifs is 1. The minimum atomic E-state index is -1.26. The standard InChI is InChI=1S/C20H31N3O8.C11H9NO.C2H5NO/c1-3-12(2)9-16(25)22-14(6-7-17(26)27)20(31)23-8-4-5-15(23)19(30)21-13(11-24)10-18(28)29;12-11(13)10-6-5-8-3-1-2-4-9(8)7-10;1-2(3)4/h11-15H,3-10H2,1-2H3,(H,21,30)(H,22,25)(H,26,27)(H,28,29);1-7H,(H2,12,13);1H3,(H2,3,4). The molecule has 0 aliphatic carbocycles. The summed E-state index contributed by atoms with van der Waals surface area (Å²) in [6, 6.07) is 10.1. The Morgan fingerprint density at radius 2 is 1.58 bits per heavy atom. The summed E-state index contributed by atoms with van der Waals surface area (Å²) in [5.74, 6) is -4.60. The number of primary amides is 2. The molecule has 0 spiro atoms. The summed E-state index contributed by atoms with van der Waals surface area (Å²) in [4.78, 5) is 92.1. The molecule has 1 heterocycles. The van der Waals surface area contributed by atoms with Crippen LogP contribution in [0, 0.1) is 5.92 Å². The van der Waals surface area contributed by atoms with Crippen molar-refractivity contribution in [1.29, 1.82) is 0 Å². The van der Waals surface area contributed by atoms with Crippen molar-refractivity contribution < 1.29 is 48.6 Å². The number of amides is 5. The molecule has 1 aliphatic rings. The highest BCUT2D eigenvalue weighted by molar-refractivity contribution is 5.97. The van der Waals surface area contributed by atoms with Crippen LogP contribution in [0.25, 0.3) is 10.8 Å². The van der Waals surface area contributed by atoms with Crippen LogP contribution in [0.4, 0.5) is 0 Å². The van der Waals surface area contributed by atoms with E-state index in [1.807, 2.05) is 44.2 Å². The lowest BCUT2D eigenvalue weighted by Gasteiger charge is -2.29. The average molecular weight is 672 g/mol. The van der Waals surface area contributed by atoms with Crippen molar-refractivity contribution in [3.63, 3.8) is 0 Å². The molecule has 262 valence electrons.